The summed E-state index contributed by atoms with van der Waals surface area (Å²) in [5, 5.41) is 16.6. The molecule has 0 aromatic heterocycles. The number of ether oxygens (including phenoxy) is 1. The van der Waals surface area contributed by atoms with Gasteiger partial charge in [-0.1, -0.05) is 0 Å². The Labute approximate surface area is 184 Å². The van der Waals surface area contributed by atoms with E-state index in [-0.39, 0.29) is 22.6 Å². The molecule has 0 aliphatic carbocycles. The summed E-state index contributed by atoms with van der Waals surface area (Å²) in [6.07, 6.45) is 1.13. The first-order valence-electron chi connectivity index (χ1n) is 10.2. The van der Waals surface area contributed by atoms with E-state index in [1.807, 2.05) is 4.90 Å². The van der Waals surface area contributed by atoms with E-state index in [4.69, 9.17) is 4.74 Å². The van der Waals surface area contributed by atoms with Crippen LogP contribution in [0.5, 0.6) is 0 Å². The summed E-state index contributed by atoms with van der Waals surface area (Å²) in [4.78, 5) is 37.8. The molecule has 0 saturated carbocycles. The lowest BCUT2D eigenvalue weighted by molar-refractivity contribution is -0.384. The highest BCUT2D eigenvalue weighted by Gasteiger charge is 2.24. The van der Waals surface area contributed by atoms with Gasteiger partial charge in [0.05, 0.1) is 16.3 Å². The molecule has 1 aliphatic heterocycles. The fourth-order valence-electron chi connectivity index (χ4n) is 3.37. The first-order valence-corrected chi connectivity index (χ1v) is 10.2. The number of anilines is 3. The van der Waals surface area contributed by atoms with Crippen LogP contribution in [0.2, 0.25) is 0 Å². The van der Waals surface area contributed by atoms with Crippen LogP contribution in [-0.4, -0.2) is 35.6 Å². The molecule has 10 heteroatoms. The number of carbonyl (C=O) groups excluding carboxylic acids is 2. The van der Waals surface area contributed by atoms with Crippen molar-refractivity contribution in [3.63, 3.8) is 0 Å². The molecule has 0 spiro atoms. The summed E-state index contributed by atoms with van der Waals surface area (Å²) < 4.78 is 19.0. The molecule has 1 saturated heterocycles. The summed E-state index contributed by atoms with van der Waals surface area (Å²) in [6, 6.07) is 7.67. The second-order valence-electron chi connectivity index (χ2n) is 8.43. The molecule has 2 amide bonds. The van der Waals surface area contributed by atoms with Crippen LogP contribution in [0.25, 0.3) is 0 Å². The van der Waals surface area contributed by atoms with Crippen molar-refractivity contribution in [1.29, 1.82) is 0 Å². The van der Waals surface area contributed by atoms with E-state index >= 15 is 0 Å². The molecule has 1 aliphatic rings. The lowest BCUT2D eigenvalue weighted by atomic mass is 10.1. The van der Waals surface area contributed by atoms with Crippen molar-refractivity contribution in [3.05, 3.63) is 57.9 Å². The van der Waals surface area contributed by atoms with Gasteiger partial charge in [-0.3, -0.25) is 20.2 Å². The summed E-state index contributed by atoms with van der Waals surface area (Å²) in [7, 11) is 0. The lowest BCUT2D eigenvalue weighted by Crippen LogP contribution is -2.27. The van der Waals surface area contributed by atoms with Gasteiger partial charge in [0.1, 0.15) is 17.1 Å². The van der Waals surface area contributed by atoms with E-state index < -0.39 is 28.3 Å². The maximum Gasteiger partial charge on any atom is 0.412 e. The Kier molecular flexibility index (Phi) is 6.61. The Morgan fingerprint density at radius 3 is 2.38 bits per heavy atom. The Balaban J connectivity index is 1.84. The minimum atomic E-state index is -0.773. The van der Waals surface area contributed by atoms with Crippen LogP contribution in [0.4, 0.5) is 31.9 Å². The first-order chi connectivity index (χ1) is 15.0. The van der Waals surface area contributed by atoms with E-state index in [9.17, 15) is 24.1 Å². The number of rotatable bonds is 5. The highest BCUT2D eigenvalue weighted by atomic mass is 19.1. The molecule has 1 heterocycles. The predicted octanol–water partition coefficient (Wildman–Crippen LogP) is 4.93. The predicted molar refractivity (Wildman–Crippen MR) is 119 cm³/mol. The Morgan fingerprint density at radius 1 is 1.06 bits per heavy atom. The zero-order chi connectivity index (χ0) is 23.5. The molecule has 2 aromatic carbocycles. The van der Waals surface area contributed by atoms with Crippen molar-refractivity contribution in [2.24, 2.45) is 0 Å². The number of hydrogen-bond donors (Lipinski definition) is 2. The summed E-state index contributed by atoms with van der Waals surface area (Å²) in [5.41, 5.74) is -0.312. The first kappa shape index (κ1) is 23.0. The van der Waals surface area contributed by atoms with Crippen molar-refractivity contribution >= 4 is 34.7 Å². The number of nitro benzene ring substituents is 1. The number of halogens is 1. The molecular weight excluding hydrogens is 419 g/mol. The van der Waals surface area contributed by atoms with Crippen LogP contribution in [0.1, 0.15) is 44.0 Å². The molecule has 0 atom stereocenters. The smallest absolute Gasteiger partial charge is 0.412 e. The minimum Gasteiger partial charge on any atom is -0.444 e. The molecular formula is C22H25FN4O5. The third-order valence-corrected chi connectivity index (χ3v) is 4.75. The second kappa shape index (κ2) is 9.21. The highest BCUT2D eigenvalue weighted by molar-refractivity contribution is 6.07. The normalized spacial score (nSPS) is 13.6. The number of hydrogen-bond acceptors (Lipinski definition) is 6. The fraction of sp³-hybridized carbons (Fsp3) is 0.364. The van der Waals surface area contributed by atoms with Crippen molar-refractivity contribution in [2.45, 2.75) is 39.2 Å². The van der Waals surface area contributed by atoms with Crippen molar-refractivity contribution in [3.8, 4) is 0 Å². The van der Waals surface area contributed by atoms with E-state index in [1.165, 1.54) is 18.2 Å². The van der Waals surface area contributed by atoms with Gasteiger partial charge >= 0.3 is 6.09 Å². The molecule has 3 rings (SSSR count). The van der Waals surface area contributed by atoms with Crippen LogP contribution in [-0.2, 0) is 4.74 Å². The third kappa shape index (κ3) is 5.71. The quantitative estimate of drug-likeness (QED) is 0.499. The van der Waals surface area contributed by atoms with Gasteiger partial charge in [0.25, 0.3) is 11.6 Å². The van der Waals surface area contributed by atoms with Crippen LogP contribution in [0, 0.1) is 15.9 Å². The SMILES string of the molecule is CC(C)(C)OC(=O)Nc1ccc(F)cc1NC(=O)c1ccc(N2CCCC2)c([N+](=O)[O-])c1. The van der Waals surface area contributed by atoms with Gasteiger partial charge < -0.3 is 15.0 Å². The molecule has 9 nitrogen and oxygen atoms in total. The van der Waals surface area contributed by atoms with Gasteiger partial charge in [0.15, 0.2) is 0 Å². The number of nitrogens with zero attached hydrogens (tertiary/aromatic N) is 2. The molecule has 0 bridgehead atoms. The third-order valence-electron chi connectivity index (χ3n) is 4.75. The number of amides is 2. The fourth-order valence-corrected chi connectivity index (χ4v) is 3.37. The van der Waals surface area contributed by atoms with Gasteiger partial charge in [0.2, 0.25) is 0 Å². The maximum absolute atomic E-state index is 13.8. The monoisotopic (exact) mass is 444 g/mol. The Hall–Kier alpha value is -3.69. The van der Waals surface area contributed by atoms with E-state index in [0.717, 1.165) is 38.1 Å². The number of nitro groups is 1. The van der Waals surface area contributed by atoms with Gasteiger partial charge in [-0.25, -0.2) is 9.18 Å². The van der Waals surface area contributed by atoms with Crippen molar-refractivity contribution in [2.75, 3.05) is 28.6 Å². The van der Waals surface area contributed by atoms with Crippen molar-refractivity contribution in [1.82, 2.24) is 0 Å². The average Bonchev–Trinajstić information content (AvgIpc) is 3.22. The summed E-state index contributed by atoms with van der Waals surface area (Å²) in [6.45, 7) is 6.51. The number of benzene rings is 2. The molecule has 2 N–H and O–H groups in total. The zero-order valence-electron chi connectivity index (χ0n) is 18.1. The van der Waals surface area contributed by atoms with E-state index in [0.29, 0.717) is 5.69 Å². The Morgan fingerprint density at radius 2 is 1.75 bits per heavy atom. The van der Waals surface area contributed by atoms with E-state index in [2.05, 4.69) is 10.6 Å². The molecule has 0 unspecified atom stereocenters. The maximum atomic E-state index is 13.8. The van der Waals surface area contributed by atoms with Gasteiger partial charge in [-0.05, 0) is 63.9 Å². The molecule has 1 fully saturated rings. The summed E-state index contributed by atoms with van der Waals surface area (Å²) >= 11 is 0. The van der Waals surface area contributed by atoms with Gasteiger partial charge in [-0.15, -0.1) is 0 Å². The average molecular weight is 444 g/mol. The lowest BCUT2D eigenvalue weighted by Gasteiger charge is -2.20. The minimum absolute atomic E-state index is 0.00729. The second-order valence-corrected chi connectivity index (χ2v) is 8.43. The highest BCUT2D eigenvalue weighted by Crippen LogP contribution is 2.32. The molecule has 170 valence electrons. The summed E-state index contributed by atoms with van der Waals surface area (Å²) in [5.74, 6) is -1.32. The standard InChI is InChI=1S/C22H25FN4O5/c1-22(2,3)32-21(29)25-16-8-7-15(23)13-17(16)24-20(28)14-6-9-18(19(12-14)27(30)31)26-10-4-5-11-26/h6-9,12-13H,4-5,10-11H2,1-3H3,(H,24,28)(H,25,29). The molecule has 0 radical (unpaired) electrons. The van der Waals surface area contributed by atoms with Crippen LogP contribution in [0.15, 0.2) is 36.4 Å². The Bertz CT molecular complexity index is 1050. The number of carbonyl (C=O) groups is 2. The topological polar surface area (TPSA) is 114 Å². The van der Waals surface area contributed by atoms with Gasteiger partial charge in [0, 0.05) is 24.7 Å². The zero-order valence-corrected chi connectivity index (χ0v) is 18.1. The van der Waals surface area contributed by atoms with Crippen LogP contribution < -0.4 is 15.5 Å². The van der Waals surface area contributed by atoms with Gasteiger partial charge in [-0.2, -0.15) is 0 Å². The van der Waals surface area contributed by atoms with Crippen LogP contribution in [0.3, 0.4) is 0 Å². The van der Waals surface area contributed by atoms with Crippen molar-refractivity contribution < 1.29 is 23.6 Å². The van der Waals surface area contributed by atoms with Crippen LogP contribution >= 0.6 is 0 Å². The molecule has 2 aromatic rings. The largest absolute Gasteiger partial charge is 0.444 e. The number of nitrogens with one attached hydrogen (secondary N) is 2. The van der Waals surface area contributed by atoms with E-state index in [1.54, 1.807) is 26.8 Å². The molecule has 32 heavy (non-hydrogen) atoms.